The van der Waals surface area contributed by atoms with Crippen LogP contribution in [0, 0.1) is 0 Å². The van der Waals surface area contributed by atoms with Crippen molar-refractivity contribution in [1.82, 2.24) is 0 Å². The number of carbonyl (C=O) groups is 1. The number of benzene rings is 2. The number of rotatable bonds is 7. The quantitative estimate of drug-likeness (QED) is 0.757. The summed E-state index contributed by atoms with van der Waals surface area (Å²) in [6.45, 7) is 0.424. The Bertz CT molecular complexity index is 723. The molecule has 0 aliphatic carbocycles. The third-order valence-electron chi connectivity index (χ3n) is 3.25. The first kappa shape index (κ1) is 18.2. The number of carbonyl (C=O) groups excluding carboxylic acids is 1. The minimum absolute atomic E-state index is 0.121. The van der Waals surface area contributed by atoms with Crippen LogP contribution in [0.1, 0.15) is 6.42 Å². The van der Waals surface area contributed by atoms with Gasteiger partial charge in [-0.05, 0) is 18.2 Å². The molecule has 5 nitrogen and oxygen atoms in total. The van der Waals surface area contributed by atoms with Crippen molar-refractivity contribution in [1.29, 1.82) is 0 Å². The van der Waals surface area contributed by atoms with Crippen molar-refractivity contribution >= 4 is 40.5 Å². The standard InChI is InChI=1S/C17H18Cl2N2O3/c1-23-15-10-14(16(24-2)9-13(15)19)20-7-6-17(22)21-12-5-3-4-11(18)8-12/h3-5,8-10,20H,6-7H2,1-2H3,(H,21,22). The van der Waals surface area contributed by atoms with E-state index in [1.807, 2.05) is 0 Å². The third kappa shape index (κ3) is 4.94. The van der Waals surface area contributed by atoms with Gasteiger partial charge in [0.05, 0.1) is 24.9 Å². The van der Waals surface area contributed by atoms with Crippen LogP contribution < -0.4 is 20.1 Å². The van der Waals surface area contributed by atoms with Gasteiger partial charge in [-0.2, -0.15) is 0 Å². The van der Waals surface area contributed by atoms with Gasteiger partial charge in [0.15, 0.2) is 0 Å². The first-order valence-corrected chi connectivity index (χ1v) is 8.00. The second-order valence-electron chi connectivity index (χ2n) is 4.92. The van der Waals surface area contributed by atoms with E-state index in [-0.39, 0.29) is 12.3 Å². The van der Waals surface area contributed by atoms with Crippen LogP contribution in [0.15, 0.2) is 36.4 Å². The topological polar surface area (TPSA) is 59.6 Å². The molecule has 128 valence electrons. The maximum absolute atomic E-state index is 12.0. The van der Waals surface area contributed by atoms with Gasteiger partial charge in [-0.1, -0.05) is 29.3 Å². The summed E-state index contributed by atoms with van der Waals surface area (Å²) in [4.78, 5) is 12.0. The molecule has 0 radical (unpaired) electrons. The van der Waals surface area contributed by atoms with Crippen molar-refractivity contribution in [2.24, 2.45) is 0 Å². The number of methoxy groups -OCH3 is 2. The third-order valence-corrected chi connectivity index (χ3v) is 3.78. The van der Waals surface area contributed by atoms with E-state index in [1.54, 1.807) is 43.5 Å². The highest BCUT2D eigenvalue weighted by molar-refractivity contribution is 6.32. The van der Waals surface area contributed by atoms with Crippen LogP contribution in [0.2, 0.25) is 10.0 Å². The number of nitrogens with one attached hydrogen (secondary N) is 2. The van der Waals surface area contributed by atoms with Crippen LogP contribution in [-0.4, -0.2) is 26.7 Å². The van der Waals surface area contributed by atoms with E-state index < -0.39 is 0 Å². The lowest BCUT2D eigenvalue weighted by Gasteiger charge is -2.14. The monoisotopic (exact) mass is 368 g/mol. The molecule has 0 aliphatic heterocycles. The number of ether oxygens (including phenoxy) is 2. The van der Waals surface area contributed by atoms with E-state index in [4.69, 9.17) is 32.7 Å². The zero-order valence-corrected chi connectivity index (χ0v) is 14.9. The Morgan fingerprint density at radius 2 is 1.83 bits per heavy atom. The summed E-state index contributed by atoms with van der Waals surface area (Å²) in [7, 11) is 3.09. The minimum atomic E-state index is -0.121. The Hall–Kier alpha value is -2.11. The highest BCUT2D eigenvalue weighted by Crippen LogP contribution is 2.35. The SMILES string of the molecule is COc1cc(NCCC(=O)Nc2cccc(Cl)c2)c(OC)cc1Cl. The van der Waals surface area contributed by atoms with Crippen molar-refractivity contribution < 1.29 is 14.3 Å². The van der Waals surface area contributed by atoms with E-state index in [0.29, 0.717) is 39.5 Å². The summed E-state index contributed by atoms with van der Waals surface area (Å²) in [6, 6.07) is 10.4. The van der Waals surface area contributed by atoms with Gasteiger partial charge in [0.1, 0.15) is 11.5 Å². The second-order valence-corrected chi connectivity index (χ2v) is 5.77. The summed E-state index contributed by atoms with van der Waals surface area (Å²) in [5, 5.41) is 6.96. The fourth-order valence-corrected chi connectivity index (χ4v) is 2.52. The predicted molar refractivity (Wildman–Crippen MR) is 97.7 cm³/mol. The number of anilines is 2. The van der Waals surface area contributed by atoms with Crippen LogP contribution in [0.25, 0.3) is 0 Å². The molecule has 0 unspecified atom stereocenters. The number of hydrogen-bond acceptors (Lipinski definition) is 4. The maximum Gasteiger partial charge on any atom is 0.226 e. The van der Waals surface area contributed by atoms with E-state index in [0.717, 1.165) is 0 Å². The van der Waals surface area contributed by atoms with Crippen molar-refractivity contribution in [3.63, 3.8) is 0 Å². The molecule has 2 aromatic carbocycles. The lowest BCUT2D eigenvalue weighted by molar-refractivity contribution is -0.115. The van der Waals surface area contributed by atoms with Crippen LogP contribution in [-0.2, 0) is 4.79 Å². The average Bonchev–Trinajstić information content (AvgIpc) is 2.55. The van der Waals surface area contributed by atoms with Gasteiger partial charge < -0.3 is 20.1 Å². The van der Waals surface area contributed by atoms with Gasteiger partial charge in [0.25, 0.3) is 0 Å². The molecule has 0 spiro atoms. The fraction of sp³-hybridized carbons (Fsp3) is 0.235. The molecule has 0 saturated heterocycles. The molecule has 0 heterocycles. The molecule has 24 heavy (non-hydrogen) atoms. The highest BCUT2D eigenvalue weighted by Gasteiger charge is 2.10. The Morgan fingerprint density at radius 1 is 1.08 bits per heavy atom. The van der Waals surface area contributed by atoms with Crippen LogP contribution in [0.4, 0.5) is 11.4 Å². The number of hydrogen-bond donors (Lipinski definition) is 2. The minimum Gasteiger partial charge on any atom is -0.495 e. The summed E-state index contributed by atoms with van der Waals surface area (Å²) < 4.78 is 10.5. The van der Waals surface area contributed by atoms with E-state index in [2.05, 4.69) is 10.6 Å². The summed E-state index contributed by atoms with van der Waals surface area (Å²) in [6.07, 6.45) is 0.278. The van der Waals surface area contributed by atoms with Crippen LogP contribution in [0.3, 0.4) is 0 Å². The first-order valence-electron chi connectivity index (χ1n) is 7.24. The molecule has 0 bridgehead atoms. The maximum atomic E-state index is 12.0. The molecule has 0 aromatic heterocycles. The van der Waals surface area contributed by atoms with Gasteiger partial charge in [-0.15, -0.1) is 0 Å². The van der Waals surface area contributed by atoms with Crippen molar-refractivity contribution in [2.75, 3.05) is 31.4 Å². The fourth-order valence-electron chi connectivity index (χ4n) is 2.10. The predicted octanol–water partition coefficient (Wildman–Crippen LogP) is 4.45. The first-order chi connectivity index (χ1) is 11.5. The number of amides is 1. The van der Waals surface area contributed by atoms with Crippen molar-refractivity contribution in [2.45, 2.75) is 6.42 Å². The Labute approximate surface area is 150 Å². The van der Waals surface area contributed by atoms with Gasteiger partial charge in [0, 0.05) is 35.8 Å². The van der Waals surface area contributed by atoms with Gasteiger partial charge >= 0.3 is 0 Å². The number of halogens is 2. The van der Waals surface area contributed by atoms with Gasteiger partial charge in [-0.3, -0.25) is 4.79 Å². The molecule has 0 aliphatic rings. The van der Waals surface area contributed by atoms with Crippen LogP contribution >= 0.6 is 23.2 Å². The lowest BCUT2D eigenvalue weighted by atomic mass is 10.2. The van der Waals surface area contributed by atoms with E-state index >= 15 is 0 Å². The second kappa shape index (κ2) is 8.66. The Balaban J connectivity index is 1.92. The lowest BCUT2D eigenvalue weighted by Crippen LogP contribution is -2.16. The molecule has 0 fully saturated rings. The average molecular weight is 369 g/mol. The Morgan fingerprint density at radius 3 is 2.50 bits per heavy atom. The molecular formula is C17H18Cl2N2O3. The summed E-state index contributed by atoms with van der Waals surface area (Å²) >= 11 is 11.9. The van der Waals surface area contributed by atoms with E-state index in [1.165, 1.54) is 7.11 Å². The molecule has 2 N–H and O–H groups in total. The van der Waals surface area contributed by atoms with E-state index in [9.17, 15) is 4.79 Å². The zero-order chi connectivity index (χ0) is 17.5. The van der Waals surface area contributed by atoms with Crippen molar-refractivity contribution in [3.8, 4) is 11.5 Å². The zero-order valence-electron chi connectivity index (χ0n) is 13.4. The molecule has 0 saturated carbocycles. The molecule has 0 atom stereocenters. The van der Waals surface area contributed by atoms with Gasteiger partial charge in [0.2, 0.25) is 5.91 Å². The molecule has 2 rings (SSSR count). The smallest absolute Gasteiger partial charge is 0.226 e. The summed E-state index contributed by atoms with van der Waals surface area (Å²) in [5.41, 5.74) is 1.37. The highest BCUT2D eigenvalue weighted by atomic mass is 35.5. The van der Waals surface area contributed by atoms with Crippen LogP contribution in [0.5, 0.6) is 11.5 Å². The summed E-state index contributed by atoms with van der Waals surface area (Å²) in [5.74, 6) is 0.990. The Kier molecular flexibility index (Phi) is 6.58. The van der Waals surface area contributed by atoms with Gasteiger partial charge in [-0.25, -0.2) is 0 Å². The molecular weight excluding hydrogens is 351 g/mol. The molecule has 7 heteroatoms. The molecule has 2 aromatic rings. The van der Waals surface area contributed by atoms with Crippen molar-refractivity contribution in [3.05, 3.63) is 46.4 Å². The normalized spacial score (nSPS) is 10.2. The molecule has 1 amide bonds. The largest absolute Gasteiger partial charge is 0.495 e.